The third kappa shape index (κ3) is 6.46. The molecule has 1 saturated carbocycles. The fourth-order valence-corrected chi connectivity index (χ4v) is 6.56. The predicted molar refractivity (Wildman–Crippen MR) is 155 cm³/mol. The van der Waals surface area contributed by atoms with Gasteiger partial charge in [0.05, 0.1) is 31.3 Å². The fourth-order valence-electron chi connectivity index (χ4n) is 6.56. The maximum absolute atomic E-state index is 13.1. The summed E-state index contributed by atoms with van der Waals surface area (Å²) in [5.74, 6) is -3.68. The van der Waals surface area contributed by atoms with Crippen LogP contribution >= 0.6 is 0 Å². The number of rotatable bonds is 9. The summed E-state index contributed by atoms with van der Waals surface area (Å²) in [6, 6.07) is 12.8. The molecule has 2 aromatic rings. The van der Waals surface area contributed by atoms with Crippen molar-refractivity contribution in [1.29, 1.82) is 0 Å². The van der Waals surface area contributed by atoms with E-state index in [1.54, 1.807) is 24.3 Å². The number of aliphatic hydroxyl groups excluding tert-OH is 4. The van der Waals surface area contributed by atoms with Gasteiger partial charge in [-0.1, -0.05) is 30.3 Å². The van der Waals surface area contributed by atoms with Crippen LogP contribution in [0, 0.1) is 11.8 Å². The van der Waals surface area contributed by atoms with Crippen molar-refractivity contribution in [1.82, 2.24) is 0 Å². The lowest BCUT2D eigenvalue weighted by molar-refractivity contribution is -0.371. The third-order valence-corrected chi connectivity index (χ3v) is 9.01. The number of benzene rings is 2. The lowest BCUT2D eigenvalue weighted by atomic mass is 9.82. The minimum Gasteiger partial charge on any atom is -0.504 e. The first-order valence-electron chi connectivity index (χ1n) is 15.0. The standard InChI is InChI=1S/C32H36O15/c1-41-19-11-16(8-9-18(19)33)29(39)46-28-24(35)17-12-22-43-14-32(28,40)23(17)30(45-22)47-31-27(38)26(37)25(36)20(44-31)13-42-21(34)10-7-15-5-3-2-4-6-15/h2-11,17,20,22-28,30-31,33,35-38,40H,12-14H2,1H3/b10-7+/t17-,20-,22-,23-,24+,25-,26+,27-,28-,30+,31+,32+/m1/s1. The first-order valence-corrected chi connectivity index (χ1v) is 15.0. The van der Waals surface area contributed by atoms with Crippen LogP contribution in [-0.4, -0.2) is 124 Å². The van der Waals surface area contributed by atoms with E-state index in [-0.39, 0.29) is 23.5 Å². The number of phenols is 1. The summed E-state index contributed by atoms with van der Waals surface area (Å²) in [6.45, 7) is -0.911. The molecule has 4 heterocycles. The highest BCUT2D eigenvalue weighted by Gasteiger charge is 2.69. The number of hydrogen-bond donors (Lipinski definition) is 6. The molecular formula is C32H36O15. The molecule has 0 spiro atoms. The first-order chi connectivity index (χ1) is 22.5. The predicted octanol–water partition coefficient (Wildman–Crippen LogP) is -0.552. The van der Waals surface area contributed by atoms with Gasteiger partial charge in [-0.05, 0) is 29.8 Å². The number of aromatic hydroxyl groups is 1. The van der Waals surface area contributed by atoms with E-state index in [0.29, 0.717) is 0 Å². The number of hydrogen-bond acceptors (Lipinski definition) is 15. The van der Waals surface area contributed by atoms with Gasteiger partial charge in [0.15, 0.2) is 36.5 Å². The topological polar surface area (TPSA) is 220 Å². The molecular weight excluding hydrogens is 624 g/mol. The van der Waals surface area contributed by atoms with Crippen molar-refractivity contribution in [2.75, 3.05) is 20.3 Å². The van der Waals surface area contributed by atoms with Gasteiger partial charge < -0.3 is 63.8 Å². The Morgan fingerprint density at radius 2 is 1.74 bits per heavy atom. The van der Waals surface area contributed by atoms with Crippen molar-refractivity contribution >= 4 is 18.0 Å². The molecule has 12 atom stereocenters. The van der Waals surface area contributed by atoms with Crippen LogP contribution in [0.25, 0.3) is 6.08 Å². The van der Waals surface area contributed by atoms with Crippen LogP contribution in [0.5, 0.6) is 11.5 Å². The van der Waals surface area contributed by atoms with Crippen molar-refractivity contribution in [2.24, 2.45) is 11.8 Å². The number of phenolic OH excluding ortho intramolecular Hbond substituents is 1. The van der Waals surface area contributed by atoms with Gasteiger partial charge in [0, 0.05) is 18.4 Å². The van der Waals surface area contributed by atoms with Crippen LogP contribution in [-0.2, 0) is 33.2 Å². The van der Waals surface area contributed by atoms with E-state index < -0.39 is 98.1 Å². The van der Waals surface area contributed by atoms with Crippen LogP contribution < -0.4 is 4.74 Å². The van der Waals surface area contributed by atoms with Crippen molar-refractivity contribution in [2.45, 2.75) is 67.5 Å². The number of carbonyl (C=O) groups excluding carboxylic acids is 2. The number of esters is 2. The molecule has 4 bridgehead atoms. The number of carbonyl (C=O) groups is 2. The van der Waals surface area contributed by atoms with E-state index in [9.17, 15) is 40.2 Å². The van der Waals surface area contributed by atoms with E-state index in [1.165, 1.54) is 37.5 Å². The second-order valence-electron chi connectivity index (χ2n) is 11.9. The van der Waals surface area contributed by atoms with Gasteiger partial charge in [0.2, 0.25) is 0 Å². The van der Waals surface area contributed by atoms with Gasteiger partial charge in [-0.25, -0.2) is 9.59 Å². The van der Waals surface area contributed by atoms with Crippen molar-refractivity contribution in [3.05, 3.63) is 65.7 Å². The third-order valence-electron chi connectivity index (χ3n) is 9.01. The fraction of sp³-hybridized carbons (Fsp3) is 0.500. The molecule has 0 unspecified atom stereocenters. The maximum atomic E-state index is 13.1. The summed E-state index contributed by atoms with van der Waals surface area (Å²) in [4.78, 5) is 25.4. The van der Waals surface area contributed by atoms with E-state index in [2.05, 4.69) is 0 Å². The number of aliphatic hydroxyl groups is 5. The maximum Gasteiger partial charge on any atom is 0.338 e. The van der Waals surface area contributed by atoms with Crippen molar-refractivity contribution in [3.63, 3.8) is 0 Å². The minimum atomic E-state index is -2.03. The summed E-state index contributed by atoms with van der Waals surface area (Å²) in [6.07, 6.45) is -10.6. The van der Waals surface area contributed by atoms with Crippen LogP contribution in [0.3, 0.4) is 0 Å². The SMILES string of the molecule is COc1cc(C(=O)O[C@@H]2[C@@H](O)[C@@H]3C[C@@H]4OC[C@]2(O)[C@H]3[C@H](O[C@@H]2O[C@H](COC(=O)/C=C/c3ccccc3)[C@@H](O)[C@H](O)[C@H]2O)O4)ccc1O. The Kier molecular flexibility index (Phi) is 9.53. The molecule has 4 saturated heterocycles. The second-order valence-corrected chi connectivity index (χ2v) is 11.9. The quantitative estimate of drug-likeness (QED) is 0.147. The molecule has 7 rings (SSSR count). The molecule has 0 aromatic heterocycles. The van der Waals surface area contributed by atoms with E-state index >= 15 is 0 Å². The highest BCUT2D eigenvalue weighted by Crippen LogP contribution is 2.53. The van der Waals surface area contributed by atoms with E-state index in [4.69, 9.17) is 33.2 Å². The van der Waals surface area contributed by atoms with Gasteiger partial charge in [0.25, 0.3) is 0 Å². The van der Waals surface area contributed by atoms with Gasteiger partial charge >= 0.3 is 11.9 Å². The van der Waals surface area contributed by atoms with Crippen molar-refractivity contribution in [3.8, 4) is 11.5 Å². The van der Waals surface area contributed by atoms with Crippen LogP contribution in [0.4, 0.5) is 0 Å². The number of ether oxygens (including phenoxy) is 7. The lowest BCUT2D eigenvalue weighted by Gasteiger charge is -2.44. The number of fused-ring (bicyclic) bond motifs is 2. The smallest absolute Gasteiger partial charge is 0.338 e. The highest BCUT2D eigenvalue weighted by atomic mass is 16.8. The Morgan fingerprint density at radius 1 is 0.979 bits per heavy atom. The zero-order chi connectivity index (χ0) is 33.5. The highest BCUT2D eigenvalue weighted by molar-refractivity contribution is 5.90. The summed E-state index contributed by atoms with van der Waals surface area (Å²) < 4.78 is 39.1. The Balaban J connectivity index is 1.15. The first kappa shape index (κ1) is 33.3. The molecule has 254 valence electrons. The normalized spacial score (nSPS) is 37.8. The van der Waals surface area contributed by atoms with Crippen molar-refractivity contribution < 1.29 is 73.4 Å². The van der Waals surface area contributed by atoms with E-state index in [0.717, 1.165) is 5.56 Å². The number of methoxy groups -OCH3 is 1. The Labute approximate surface area is 268 Å². The van der Waals surface area contributed by atoms with Crippen LogP contribution in [0.15, 0.2) is 54.6 Å². The van der Waals surface area contributed by atoms with Crippen LogP contribution in [0.1, 0.15) is 22.3 Å². The molecule has 0 amide bonds. The Morgan fingerprint density at radius 3 is 2.49 bits per heavy atom. The summed E-state index contributed by atoms with van der Waals surface area (Å²) in [5.41, 5.74) is -1.29. The molecule has 5 fully saturated rings. The molecule has 6 N–H and O–H groups in total. The average molecular weight is 661 g/mol. The molecule has 15 nitrogen and oxygen atoms in total. The van der Waals surface area contributed by atoms with Gasteiger partial charge in [0.1, 0.15) is 36.6 Å². The molecule has 0 radical (unpaired) electrons. The van der Waals surface area contributed by atoms with Gasteiger partial charge in [-0.2, -0.15) is 0 Å². The molecule has 15 heteroatoms. The lowest BCUT2D eigenvalue weighted by Crippen LogP contribution is -2.61. The summed E-state index contributed by atoms with van der Waals surface area (Å²) in [5, 5.41) is 64.9. The zero-order valence-electron chi connectivity index (χ0n) is 25.1. The summed E-state index contributed by atoms with van der Waals surface area (Å²) in [7, 11) is 1.31. The molecule has 2 aromatic carbocycles. The molecule has 47 heavy (non-hydrogen) atoms. The largest absolute Gasteiger partial charge is 0.504 e. The summed E-state index contributed by atoms with van der Waals surface area (Å²) >= 11 is 0. The Bertz CT molecular complexity index is 1470. The second kappa shape index (κ2) is 13.5. The van der Waals surface area contributed by atoms with Gasteiger partial charge in [-0.3, -0.25) is 0 Å². The molecule has 1 aliphatic carbocycles. The van der Waals surface area contributed by atoms with Crippen LogP contribution in [0.2, 0.25) is 0 Å². The Hall–Kier alpha value is -3.64. The minimum absolute atomic E-state index is 0.0135. The zero-order valence-corrected chi connectivity index (χ0v) is 25.1. The molecule has 4 aliphatic heterocycles. The average Bonchev–Trinajstić information content (AvgIpc) is 3.17. The van der Waals surface area contributed by atoms with E-state index in [1.807, 2.05) is 6.07 Å². The monoisotopic (exact) mass is 660 g/mol. The van der Waals surface area contributed by atoms with Gasteiger partial charge in [-0.15, -0.1) is 0 Å². The molecule has 5 aliphatic rings.